The number of hydrogen-bond donors (Lipinski definition) is 1. The first kappa shape index (κ1) is 16.2. The van der Waals surface area contributed by atoms with Crippen molar-refractivity contribution < 1.29 is 9.53 Å². The number of rotatable bonds is 3. The first-order chi connectivity index (χ1) is 11.7. The molecule has 0 bridgehead atoms. The van der Waals surface area contributed by atoms with Crippen LogP contribution in [-0.4, -0.2) is 31.2 Å². The summed E-state index contributed by atoms with van der Waals surface area (Å²) in [5.74, 6) is -0.219. The van der Waals surface area contributed by atoms with Crippen LogP contribution in [0.15, 0.2) is 54.6 Å². The van der Waals surface area contributed by atoms with Crippen LogP contribution >= 0.6 is 0 Å². The van der Waals surface area contributed by atoms with Gasteiger partial charge in [-0.25, -0.2) is 0 Å². The maximum absolute atomic E-state index is 13.1. The van der Waals surface area contributed by atoms with Crippen molar-refractivity contribution in [2.24, 2.45) is 0 Å². The highest BCUT2D eigenvalue weighted by molar-refractivity contribution is 5.95. The Kier molecular flexibility index (Phi) is 4.61. The predicted molar refractivity (Wildman–Crippen MR) is 90.0 cm³/mol. The smallest absolute Gasteiger partial charge is 0.257 e. The topological polar surface area (TPSA) is 65.4 Å². The summed E-state index contributed by atoms with van der Waals surface area (Å²) in [6.07, 6.45) is -0.567. The van der Waals surface area contributed by atoms with E-state index >= 15 is 0 Å². The van der Waals surface area contributed by atoms with Crippen LogP contribution in [0.2, 0.25) is 0 Å². The average molecular weight is 321 g/mol. The van der Waals surface area contributed by atoms with Gasteiger partial charge in [0.25, 0.3) is 5.91 Å². The zero-order chi connectivity index (χ0) is 17.1. The van der Waals surface area contributed by atoms with Crippen LogP contribution in [0.1, 0.15) is 33.6 Å². The van der Waals surface area contributed by atoms with Crippen LogP contribution in [0.5, 0.6) is 0 Å². The molecule has 0 radical (unpaired) electrons. The first-order valence-electron chi connectivity index (χ1n) is 7.79. The lowest BCUT2D eigenvalue weighted by Crippen LogP contribution is -2.53. The Balaban J connectivity index is 2.13. The van der Waals surface area contributed by atoms with Gasteiger partial charge in [0.1, 0.15) is 6.04 Å². The third-order valence-corrected chi connectivity index (χ3v) is 4.39. The zero-order valence-corrected chi connectivity index (χ0v) is 13.6. The molecule has 1 heterocycles. The molecule has 0 fully saturated rings. The number of methoxy groups -OCH3 is 1. The van der Waals surface area contributed by atoms with E-state index in [0.717, 1.165) is 11.1 Å². The minimum absolute atomic E-state index is 0.205. The van der Waals surface area contributed by atoms with Gasteiger partial charge < -0.3 is 10.1 Å². The molecule has 0 unspecified atom stereocenters. The van der Waals surface area contributed by atoms with Gasteiger partial charge in [-0.3, -0.25) is 9.69 Å². The number of ether oxygens (including phenoxy) is 1. The highest BCUT2D eigenvalue weighted by atomic mass is 16.5. The molecule has 5 heteroatoms. The lowest BCUT2D eigenvalue weighted by Gasteiger charge is -2.44. The monoisotopic (exact) mass is 321 g/mol. The number of nitriles is 1. The summed E-state index contributed by atoms with van der Waals surface area (Å²) in [7, 11) is 3.38. The predicted octanol–water partition coefficient (Wildman–Crippen LogP) is 2.64. The van der Waals surface area contributed by atoms with Crippen LogP contribution in [0.25, 0.3) is 0 Å². The van der Waals surface area contributed by atoms with Crippen molar-refractivity contribution in [2.45, 2.75) is 18.3 Å². The van der Waals surface area contributed by atoms with E-state index in [1.807, 2.05) is 49.5 Å². The van der Waals surface area contributed by atoms with E-state index in [-0.39, 0.29) is 11.9 Å². The van der Waals surface area contributed by atoms with E-state index < -0.39 is 12.3 Å². The maximum Gasteiger partial charge on any atom is 0.257 e. The number of hydrogen-bond acceptors (Lipinski definition) is 4. The molecular weight excluding hydrogens is 302 g/mol. The Morgan fingerprint density at radius 1 is 1.12 bits per heavy atom. The van der Waals surface area contributed by atoms with E-state index in [0.29, 0.717) is 5.56 Å². The van der Waals surface area contributed by atoms with E-state index in [2.05, 4.69) is 11.4 Å². The molecule has 1 amide bonds. The lowest BCUT2D eigenvalue weighted by atomic mass is 9.88. The number of carbonyl (C=O) groups is 1. The SMILES string of the molecule is CN[C@@H]1c2ccccc2[C@@H](C#N)N(C(=O)c2ccccc2)[C@H]1OC. The first-order valence-corrected chi connectivity index (χ1v) is 7.79. The standard InChI is InChI=1S/C19H19N3O2/c1-21-17-15-11-7-6-10-14(15)16(12-20)22(19(17)24-2)18(23)13-8-4-3-5-9-13/h3-11,16-17,19,21H,1-2H3/t16-,17-,19+/m1/s1. The molecule has 3 atom stereocenters. The maximum atomic E-state index is 13.1. The number of carbonyl (C=O) groups excluding carboxylic acids is 1. The fraction of sp³-hybridized carbons (Fsp3) is 0.263. The van der Waals surface area contributed by atoms with Crippen molar-refractivity contribution >= 4 is 5.91 Å². The number of fused-ring (bicyclic) bond motifs is 1. The molecule has 122 valence electrons. The van der Waals surface area contributed by atoms with Crippen molar-refractivity contribution in [1.82, 2.24) is 10.2 Å². The molecule has 5 nitrogen and oxygen atoms in total. The second-order valence-electron chi connectivity index (χ2n) is 5.63. The Bertz CT molecular complexity index is 770. The number of nitrogens with zero attached hydrogens (tertiary/aromatic N) is 2. The van der Waals surface area contributed by atoms with E-state index in [1.54, 1.807) is 19.2 Å². The second kappa shape index (κ2) is 6.83. The molecule has 1 aliphatic rings. The Morgan fingerprint density at radius 3 is 2.33 bits per heavy atom. The Hall–Kier alpha value is -2.68. The normalized spacial score (nSPS) is 22.5. The summed E-state index contributed by atoms with van der Waals surface area (Å²) in [6.45, 7) is 0. The molecule has 2 aromatic rings. The minimum Gasteiger partial charge on any atom is -0.359 e. The van der Waals surface area contributed by atoms with Gasteiger partial charge in [0, 0.05) is 12.7 Å². The molecule has 2 aromatic carbocycles. The minimum atomic E-state index is -0.691. The molecule has 24 heavy (non-hydrogen) atoms. The molecule has 0 spiro atoms. The molecule has 1 N–H and O–H groups in total. The molecular formula is C19H19N3O2. The fourth-order valence-corrected chi connectivity index (χ4v) is 3.30. The summed E-state index contributed by atoms with van der Waals surface area (Å²) < 4.78 is 5.63. The van der Waals surface area contributed by atoms with Crippen LogP contribution < -0.4 is 5.32 Å². The van der Waals surface area contributed by atoms with Gasteiger partial charge in [0.05, 0.1) is 12.1 Å². The Morgan fingerprint density at radius 2 is 1.75 bits per heavy atom. The summed E-state index contributed by atoms with van der Waals surface area (Å²) in [5, 5.41) is 13.0. The number of amides is 1. The summed E-state index contributed by atoms with van der Waals surface area (Å²) in [5.41, 5.74) is 2.35. The molecule has 0 saturated heterocycles. The van der Waals surface area contributed by atoms with Gasteiger partial charge in [-0.2, -0.15) is 5.26 Å². The van der Waals surface area contributed by atoms with Crippen molar-refractivity contribution in [2.75, 3.05) is 14.2 Å². The van der Waals surface area contributed by atoms with Gasteiger partial charge in [0.15, 0.2) is 6.23 Å². The fourth-order valence-electron chi connectivity index (χ4n) is 3.30. The molecule has 0 aromatic heterocycles. The van der Waals surface area contributed by atoms with Crippen molar-refractivity contribution in [1.29, 1.82) is 5.26 Å². The van der Waals surface area contributed by atoms with E-state index in [1.165, 1.54) is 4.90 Å². The molecule has 1 aliphatic heterocycles. The molecule has 3 rings (SSSR count). The van der Waals surface area contributed by atoms with Crippen LogP contribution in [0, 0.1) is 11.3 Å². The third-order valence-electron chi connectivity index (χ3n) is 4.39. The largest absolute Gasteiger partial charge is 0.359 e. The van der Waals surface area contributed by atoms with Gasteiger partial charge in [0.2, 0.25) is 0 Å². The van der Waals surface area contributed by atoms with Crippen LogP contribution in [-0.2, 0) is 4.74 Å². The highest BCUT2D eigenvalue weighted by Gasteiger charge is 2.43. The second-order valence-corrected chi connectivity index (χ2v) is 5.63. The van der Waals surface area contributed by atoms with Crippen LogP contribution in [0.4, 0.5) is 0 Å². The van der Waals surface area contributed by atoms with Gasteiger partial charge in [-0.1, -0.05) is 42.5 Å². The van der Waals surface area contributed by atoms with Gasteiger partial charge >= 0.3 is 0 Å². The molecule has 0 aliphatic carbocycles. The van der Waals surface area contributed by atoms with Crippen molar-refractivity contribution in [3.05, 3.63) is 71.3 Å². The quantitative estimate of drug-likeness (QED) is 0.944. The van der Waals surface area contributed by atoms with Crippen molar-refractivity contribution in [3.8, 4) is 6.07 Å². The zero-order valence-electron chi connectivity index (χ0n) is 13.6. The number of benzene rings is 2. The summed E-state index contributed by atoms with van der Waals surface area (Å²) in [4.78, 5) is 14.6. The summed E-state index contributed by atoms with van der Waals surface area (Å²) >= 11 is 0. The van der Waals surface area contributed by atoms with Gasteiger partial charge in [-0.15, -0.1) is 0 Å². The lowest BCUT2D eigenvalue weighted by molar-refractivity contribution is -0.0593. The average Bonchev–Trinajstić information content (AvgIpc) is 2.65. The van der Waals surface area contributed by atoms with Gasteiger partial charge in [-0.05, 0) is 30.3 Å². The Labute approximate surface area is 141 Å². The number of nitrogens with one attached hydrogen (secondary N) is 1. The number of likely N-dealkylation sites (N-methyl/N-ethyl adjacent to an activating group) is 1. The molecule has 0 saturated carbocycles. The van der Waals surface area contributed by atoms with E-state index in [9.17, 15) is 10.1 Å². The van der Waals surface area contributed by atoms with Crippen LogP contribution in [0.3, 0.4) is 0 Å². The van der Waals surface area contributed by atoms with E-state index in [4.69, 9.17) is 4.74 Å². The summed E-state index contributed by atoms with van der Waals surface area (Å²) in [6, 6.07) is 18.0. The van der Waals surface area contributed by atoms with Crippen molar-refractivity contribution in [3.63, 3.8) is 0 Å². The third kappa shape index (κ3) is 2.56. The highest BCUT2D eigenvalue weighted by Crippen LogP contribution is 2.39.